The zero-order valence-corrected chi connectivity index (χ0v) is 20.2. The van der Waals surface area contributed by atoms with Crippen LogP contribution < -0.4 is 10.6 Å². The van der Waals surface area contributed by atoms with Crippen molar-refractivity contribution in [2.75, 3.05) is 52.5 Å². The Hall–Kier alpha value is -1.64. The smallest absolute Gasteiger partial charge is 0.244 e. The van der Waals surface area contributed by atoms with Gasteiger partial charge < -0.3 is 20.3 Å². The van der Waals surface area contributed by atoms with Crippen LogP contribution in [0.3, 0.4) is 0 Å². The van der Waals surface area contributed by atoms with Gasteiger partial charge in [0.1, 0.15) is 6.54 Å². The predicted molar refractivity (Wildman–Crippen MR) is 128 cm³/mol. The quantitative estimate of drug-likeness (QED) is 0.447. The van der Waals surface area contributed by atoms with E-state index in [2.05, 4.69) is 52.7 Å². The molecule has 1 unspecified atom stereocenters. The van der Waals surface area contributed by atoms with E-state index in [1.54, 1.807) is 11.3 Å². The Morgan fingerprint density at radius 2 is 1.97 bits per heavy atom. The lowest BCUT2D eigenvalue weighted by molar-refractivity contribution is -0.130. The van der Waals surface area contributed by atoms with E-state index >= 15 is 0 Å². The van der Waals surface area contributed by atoms with Gasteiger partial charge in [0.05, 0.1) is 13.2 Å². The maximum absolute atomic E-state index is 12.8. The van der Waals surface area contributed by atoms with E-state index in [-0.39, 0.29) is 12.5 Å². The van der Waals surface area contributed by atoms with Crippen LogP contribution >= 0.6 is 11.3 Å². The molecular weight excluding hydrogens is 410 g/mol. The summed E-state index contributed by atoms with van der Waals surface area (Å²) in [6, 6.07) is 2.58. The van der Waals surface area contributed by atoms with Crippen LogP contribution in [-0.4, -0.2) is 80.2 Å². The molecule has 0 bridgehead atoms. The van der Waals surface area contributed by atoms with Crippen molar-refractivity contribution in [1.82, 2.24) is 20.4 Å². The number of ether oxygens (including phenoxy) is 1. The fourth-order valence-electron chi connectivity index (χ4n) is 4.59. The Bertz CT molecular complexity index is 713. The number of carbonyl (C=O) groups is 1. The number of guanidine groups is 1. The number of amides is 1. The van der Waals surface area contributed by atoms with Crippen LogP contribution in [0.25, 0.3) is 0 Å². The molecule has 1 fully saturated rings. The Morgan fingerprint density at radius 1 is 1.19 bits per heavy atom. The molecule has 0 spiro atoms. The van der Waals surface area contributed by atoms with Crippen LogP contribution in [0.5, 0.6) is 0 Å². The lowest BCUT2D eigenvalue weighted by Gasteiger charge is -2.39. The molecule has 1 saturated heterocycles. The Balaban J connectivity index is 1.58. The lowest BCUT2D eigenvalue weighted by Crippen LogP contribution is -2.53. The number of hydrogen-bond donors (Lipinski definition) is 2. The van der Waals surface area contributed by atoms with E-state index in [9.17, 15) is 4.79 Å². The minimum Gasteiger partial charge on any atom is -0.379 e. The molecule has 1 aromatic rings. The summed E-state index contributed by atoms with van der Waals surface area (Å²) in [6.07, 6.45) is 3.27. The number of rotatable bonds is 9. The molecule has 31 heavy (non-hydrogen) atoms. The van der Waals surface area contributed by atoms with Gasteiger partial charge in [-0.15, -0.1) is 11.3 Å². The third kappa shape index (κ3) is 6.67. The van der Waals surface area contributed by atoms with Gasteiger partial charge >= 0.3 is 0 Å². The molecule has 0 radical (unpaired) electrons. The molecule has 7 nitrogen and oxygen atoms in total. The second-order valence-electron chi connectivity index (χ2n) is 8.30. The summed E-state index contributed by atoms with van der Waals surface area (Å²) in [5.74, 6) is 1.45. The van der Waals surface area contributed by atoms with E-state index < -0.39 is 0 Å². The predicted octanol–water partition coefficient (Wildman–Crippen LogP) is 2.32. The molecule has 1 amide bonds. The van der Waals surface area contributed by atoms with Crippen molar-refractivity contribution in [3.63, 3.8) is 0 Å². The van der Waals surface area contributed by atoms with E-state index in [4.69, 9.17) is 4.74 Å². The normalized spacial score (nSPS) is 18.7. The highest BCUT2D eigenvalue weighted by Gasteiger charge is 2.27. The number of hydrogen-bond acceptors (Lipinski definition) is 5. The van der Waals surface area contributed by atoms with E-state index in [0.717, 1.165) is 71.2 Å². The van der Waals surface area contributed by atoms with Crippen LogP contribution in [0.2, 0.25) is 0 Å². The lowest BCUT2D eigenvalue weighted by atomic mass is 9.92. The summed E-state index contributed by atoms with van der Waals surface area (Å²) in [5.41, 5.74) is 1.29. The van der Waals surface area contributed by atoms with Crippen molar-refractivity contribution >= 4 is 23.2 Å². The Labute approximate surface area is 191 Å². The second-order valence-corrected chi connectivity index (χ2v) is 9.30. The van der Waals surface area contributed by atoms with Crippen molar-refractivity contribution in [3.8, 4) is 0 Å². The maximum atomic E-state index is 12.8. The average Bonchev–Trinajstić information content (AvgIpc) is 3.28. The number of thiophene rings is 1. The van der Waals surface area contributed by atoms with Gasteiger partial charge in [0.2, 0.25) is 5.91 Å². The van der Waals surface area contributed by atoms with Gasteiger partial charge in [0.25, 0.3) is 0 Å². The fraction of sp³-hybridized carbons (Fsp3) is 0.739. The third-order valence-corrected chi connectivity index (χ3v) is 7.49. The highest BCUT2D eigenvalue weighted by molar-refractivity contribution is 7.10. The second kappa shape index (κ2) is 12.4. The summed E-state index contributed by atoms with van der Waals surface area (Å²) >= 11 is 1.79. The fourth-order valence-corrected chi connectivity index (χ4v) is 5.48. The Morgan fingerprint density at radius 3 is 2.68 bits per heavy atom. The molecule has 2 aliphatic heterocycles. The van der Waals surface area contributed by atoms with Crippen molar-refractivity contribution in [1.29, 1.82) is 0 Å². The number of carbonyl (C=O) groups excluding carboxylic acids is 1. The average molecular weight is 450 g/mol. The SMILES string of the molecule is CCNC(=NCC(=O)N1CCc2sccc2C1)NCC(C(CC)CC)N1CCOCC1. The monoisotopic (exact) mass is 449 g/mol. The molecule has 2 N–H and O–H groups in total. The molecular formula is C23H39N5O2S. The largest absolute Gasteiger partial charge is 0.379 e. The molecule has 2 aliphatic rings. The number of nitrogens with zero attached hydrogens (tertiary/aromatic N) is 3. The standard InChI is InChI=1S/C23H39N5O2S/c1-4-18(5-2)20(27-10-12-30-13-11-27)15-25-23(24-6-3)26-16-22(29)28-9-7-21-19(17-28)8-14-31-21/h8,14,18,20H,4-7,9-13,15-17H2,1-3H3,(H2,24,25,26). The third-order valence-electron chi connectivity index (χ3n) is 6.46. The Kier molecular flexibility index (Phi) is 9.61. The minimum atomic E-state index is 0.0961. The van der Waals surface area contributed by atoms with Gasteiger partial charge in [-0.05, 0) is 36.3 Å². The summed E-state index contributed by atoms with van der Waals surface area (Å²) in [6.45, 7) is 13.5. The molecule has 1 atom stereocenters. The van der Waals surface area contributed by atoms with Crippen LogP contribution in [0.4, 0.5) is 0 Å². The first kappa shape index (κ1) is 24.0. The molecule has 0 aromatic carbocycles. The van der Waals surface area contributed by atoms with Gasteiger partial charge in [-0.2, -0.15) is 0 Å². The molecule has 0 aliphatic carbocycles. The van der Waals surface area contributed by atoms with E-state index in [0.29, 0.717) is 18.5 Å². The van der Waals surface area contributed by atoms with Gasteiger partial charge in [0.15, 0.2) is 5.96 Å². The zero-order chi connectivity index (χ0) is 22.1. The molecule has 3 rings (SSSR count). The number of morpholine rings is 1. The summed E-state index contributed by atoms with van der Waals surface area (Å²) < 4.78 is 5.56. The summed E-state index contributed by atoms with van der Waals surface area (Å²) in [5, 5.41) is 8.96. The van der Waals surface area contributed by atoms with E-state index in [1.807, 2.05) is 4.90 Å². The van der Waals surface area contributed by atoms with E-state index in [1.165, 1.54) is 10.4 Å². The summed E-state index contributed by atoms with van der Waals surface area (Å²) in [7, 11) is 0. The molecule has 0 saturated carbocycles. The first-order valence-electron chi connectivity index (χ1n) is 11.8. The van der Waals surface area contributed by atoms with Gasteiger partial charge in [0, 0.05) is 50.2 Å². The van der Waals surface area contributed by atoms with Gasteiger partial charge in [-0.1, -0.05) is 26.7 Å². The van der Waals surface area contributed by atoms with Crippen LogP contribution in [-0.2, 0) is 22.5 Å². The summed E-state index contributed by atoms with van der Waals surface area (Å²) in [4.78, 5) is 23.3. The first-order chi connectivity index (χ1) is 15.2. The molecule has 3 heterocycles. The number of fused-ring (bicyclic) bond motifs is 1. The van der Waals surface area contributed by atoms with Crippen molar-refractivity contribution in [3.05, 3.63) is 21.9 Å². The molecule has 174 valence electrons. The highest BCUT2D eigenvalue weighted by atomic mass is 32.1. The minimum absolute atomic E-state index is 0.0961. The number of nitrogens with one attached hydrogen (secondary N) is 2. The first-order valence-corrected chi connectivity index (χ1v) is 12.7. The van der Waals surface area contributed by atoms with Gasteiger partial charge in [-0.25, -0.2) is 4.99 Å². The van der Waals surface area contributed by atoms with Crippen molar-refractivity contribution < 1.29 is 9.53 Å². The zero-order valence-electron chi connectivity index (χ0n) is 19.4. The molecule has 1 aromatic heterocycles. The van der Waals surface area contributed by atoms with Crippen LogP contribution in [0.1, 0.15) is 44.1 Å². The topological polar surface area (TPSA) is 69.2 Å². The molecule has 8 heteroatoms. The highest BCUT2D eigenvalue weighted by Crippen LogP contribution is 2.24. The van der Waals surface area contributed by atoms with Crippen molar-refractivity contribution in [2.45, 2.75) is 52.6 Å². The van der Waals surface area contributed by atoms with Crippen LogP contribution in [0, 0.1) is 5.92 Å². The number of aliphatic imine (C=N–C) groups is 1. The van der Waals surface area contributed by atoms with Crippen molar-refractivity contribution in [2.24, 2.45) is 10.9 Å². The maximum Gasteiger partial charge on any atom is 0.244 e. The van der Waals surface area contributed by atoms with Gasteiger partial charge in [-0.3, -0.25) is 9.69 Å². The van der Waals surface area contributed by atoms with Crippen LogP contribution in [0.15, 0.2) is 16.4 Å².